The third kappa shape index (κ3) is 4.12. The molecule has 0 unspecified atom stereocenters. The standard InChI is InChI=1S/C21H23BrN4O/c1-12-6-7-23-20(25-12)16-9-15(16)19-10-17(24-11-21(2,3)27)14-5-4-13(22)8-18(14)26-19/h4-8,10,15-16,27H,9,11H2,1-3H3,(H,24,26)/t15-,16-/m0/s1. The second-order valence-corrected chi connectivity index (χ2v) is 8.84. The van der Waals surface area contributed by atoms with E-state index in [0.717, 1.165) is 44.7 Å². The molecular formula is C21H23BrN4O. The highest BCUT2D eigenvalue weighted by molar-refractivity contribution is 9.10. The number of hydrogen-bond acceptors (Lipinski definition) is 5. The molecule has 2 N–H and O–H groups in total. The van der Waals surface area contributed by atoms with Crippen LogP contribution < -0.4 is 5.32 Å². The third-order valence-corrected chi connectivity index (χ3v) is 5.31. The normalized spacial score (nSPS) is 19.3. The molecule has 1 saturated carbocycles. The summed E-state index contributed by atoms with van der Waals surface area (Å²) in [5, 5.41) is 14.5. The van der Waals surface area contributed by atoms with E-state index in [2.05, 4.69) is 43.3 Å². The summed E-state index contributed by atoms with van der Waals surface area (Å²) in [6, 6.07) is 10.1. The first-order valence-electron chi connectivity index (χ1n) is 9.16. The summed E-state index contributed by atoms with van der Waals surface area (Å²) in [5.74, 6) is 1.56. The van der Waals surface area contributed by atoms with E-state index in [-0.39, 0.29) is 0 Å². The SMILES string of the molecule is Cc1ccnc([C@H]2C[C@@H]2c2cc(NCC(C)(C)O)c3ccc(Br)cc3n2)n1. The minimum absolute atomic E-state index is 0.323. The van der Waals surface area contributed by atoms with E-state index in [1.807, 2.05) is 31.3 Å². The molecule has 140 valence electrons. The van der Waals surface area contributed by atoms with Crippen molar-refractivity contribution in [3.63, 3.8) is 0 Å². The molecule has 1 aromatic carbocycles. The topological polar surface area (TPSA) is 70.9 Å². The van der Waals surface area contributed by atoms with E-state index in [1.54, 1.807) is 13.8 Å². The van der Waals surface area contributed by atoms with Crippen LogP contribution in [0.15, 0.2) is 41.0 Å². The van der Waals surface area contributed by atoms with Crippen LogP contribution in [0, 0.1) is 6.92 Å². The molecule has 0 spiro atoms. The van der Waals surface area contributed by atoms with Crippen LogP contribution in [0.2, 0.25) is 0 Å². The minimum atomic E-state index is -0.789. The smallest absolute Gasteiger partial charge is 0.132 e. The highest BCUT2D eigenvalue weighted by Crippen LogP contribution is 2.53. The second kappa shape index (κ2) is 6.84. The maximum absolute atomic E-state index is 10.1. The number of benzene rings is 1. The Labute approximate surface area is 167 Å². The lowest BCUT2D eigenvalue weighted by Gasteiger charge is -2.20. The minimum Gasteiger partial charge on any atom is -0.389 e. The van der Waals surface area contributed by atoms with Crippen LogP contribution in [0.5, 0.6) is 0 Å². The number of nitrogens with zero attached hydrogens (tertiary/aromatic N) is 3. The summed E-state index contributed by atoms with van der Waals surface area (Å²) in [6.07, 6.45) is 2.84. The third-order valence-electron chi connectivity index (χ3n) is 4.82. The summed E-state index contributed by atoms with van der Waals surface area (Å²) in [7, 11) is 0. The van der Waals surface area contributed by atoms with Crippen molar-refractivity contribution in [1.29, 1.82) is 0 Å². The van der Waals surface area contributed by atoms with Crippen LogP contribution in [0.25, 0.3) is 10.9 Å². The van der Waals surface area contributed by atoms with Crippen LogP contribution in [0.3, 0.4) is 0 Å². The average molecular weight is 427 g/mol. The first kappa shape index (κ1) is 18.3. The Balaban J connectivity index is 1.69. The molecule has 27 heavy (non-hydrogen) atoms. The van der Waals surface area contributed by atoms with Crippen molar-refractivity contribution in [1.82, 2.24) is 15.0 Å². The molecule has 2 atom stereocenters. The molecular weight excluding hydrogens is 404 g/mol. The zero-order valence-corrected chi connectivity index (χ0v) is 17.3. The van der Waals surface area contributed by atoms with E-state index < -0.39 is 5.60 Å². The van der Waals surface area contributed by atoms with Crippen molar-refractivity contribution in [2.24, 2.45) is 0 Å². The molecule has 0 amide bonds. The molecule has 3 aromatic rings. The molecule has 0 aliphatic heterocycles. The van der Waals surface area contributed by atoms with Crippen LogP contribution in [-0.4, -0.2) is 32.2 Å². The molecule has 2 aromatic heterocycles. The number of hydrogen-bond donors (Lipinski definition) is 2. The zero-order chi connectivity index (χ0) is 19.2. The molecule has 0 saturated heterocycles. The van der Waals surface area contributed by atoms with E-state index in [9.17, 15) is 5.11 Å². The molecule has 0 bridgehead atoms. The van der Waals surface area contributed by atoms with Crippen molar-refractivity contribution >= 4 is 32.5 Å². The van der Waals surface area contributed by atoms with E-state index in [1.165, 1.54) is 0 Å². The Morgan fingerprint density at radius 2 is 2.00 bits per heavy atom. The van der Waals surface area contributed by atoms with Gasteiger partial charge in [-0.3, -0.25) is 4.98 Å². The fraction of sp³-hybridized carbons (Fsp3) is 0.381. The molecule has 1 aliphatic carbocycles. The molecule has 6 heteroatoms. The summed E-state index contributed by atoms with van der Waals surface area (Å²) >= 11 is 3.54. The highest BCUT2D eigenvalue weighted by Gasteiger charge is 2.43. The Kier molecular flexibility index (Phi) is 4.64. The number of anilines is 1. The molecule has 4 rings (SSSR count). The number of rotatable bonds is 5. The first-order valence-corrected chi connectivity index (χ1v) is 9.95. The summed E-state index contributed by atoms with van der Waals surface area (Å²) in [6.45, 7) is 6.06. The van der Waals surface area contributed by atoms with Crippen molar-refractivity contribution < 1.29 is 5.11 Å². The average Bonchev–Trinajstić information content (AvgIpc) is 3.39. The molecule has 1 fully saturated rings. The Bertz CT molecular complexity index is 999. The molecule has 5 nitrogen and oxygen atoms in total. The van der Waals surface area contributed by atoms with Crippen LogP contribution in [0.4, 0.5) is 5.69 Å². The monoisotopic (exact) mass is 426 g/mol. The number of pyridine rings is 1. The van der Waals surface area contributed by atoms with Gasteiger partial charge in [-0.2, -0.15) is 0 Å². The van der Waals surface area contributed by atoms with E-state index in [0.29, 0.717) is 18.4 Å². The number of halogens is 1. The molecule has 0 radical (unpaired) electrons. The second-order valence-electron chi connectivity index (χ2n) is 7.93. The Morgan fingerprint density at radius 1 is 1.19 bits per heavy atom. The largest absolute Gasteiger partial charge is 0.389 e. The Hall–Kier alpha value is -2.05. The number of fused-ring (bicyclic) bond motifs is 1. The number of nitrogens with one attached hydrogen (secondary N) is 1. The van der Waals surface area contributed by atoms with Gasteiger partial charge in [0.25, 0.3) is 0 Å². The van der Waals surface area contributed by atoms with Gasteiger partial charge >= 0.3 is 0 Å². The summed E-state index contributed by atoms with van der Waals surface area (Å²) in [5.41, 5.74) is 3.20. The molecule has 1 aliphatic rings. The number of aryl methyl sites for hydroxylation is 1. The van der Waals surface area contributed by atoms with Crippen molar-refractivity contribution in [3.05, 3.63) is 58.2 Å². The van der Waals surface area contributed by atoms with Crippen molar-refractivity contribution in [2.45, 2.75) is 44.6 Å². The van der Waals surface area contributed by atoms with Gasteiger partial charge in [0.2, 0.25) is 0 Å². The van der Waals surface area contributed by atoms with Gasteiger partial charge in [-0.1, -0.05) is 15.9 Å². The quantitative estimate of drug-likeness (QED) is 0.625. The lowest BCUT2D eigenvalue weighted by Crippen LogP contribution is -2.29. The fourth-order valence-electron chi connectivity index (χ4n) is 3.32. The van der Waals surface area contributed by atoms with Crippen LogP contribution in [0.1, 0.15) is 49.3 Å². The van der Waals surface area contributed by atoms with Gasteiger partial charge in [0.15, 0.2) is 0 Å². The first-order chi connectivity index (χ1) is 12.8. The number of aromatic nitrogens is 3. The predicted octanol–water partition coefficient (Wildman–Crippen LogP) is 4.55. The lowest BCUT2D eigenvalue weighted by molar-refractivity contribution is 0.0945. The van der Waals surface area contributed by atoms with Gasteiger partial charge in [-0.25, -0.2) is 9.97 Å². The van der Waals surface area contributed by atoms with Crippen molar-refractivity contribution in [2.75, 3.05) is 11.9 Å². The van der Waals surface area contributed by atoms with Gasteiger partial charge in [0.05, 0.1) is 11.1 Å². The predicted molar refractivity (Wildman–Crippen MR) is 111 cm³/mol. The van der Waals surface area contributed by atoms with Crippen molar-refractivity contribution in [3.8, 4) is 0 Å². The van der Waals surface area contributed by atoms with E-state index >= 15 is 0 Å². The van der Waals surface area contributed by atoms with Gasteiger partial charge in [0, 0.05) is 51.5 Å². The van der Waals surface area contributed by atoms with Gasteiger partial charge < -0.3 is 10.4 Å². The lowest BCUT2D eigenvalue weighted by atomic mass is 10.1. The summed E-state index contributed by atoms with van der Waals surface area (Å²) in [4.78, 5) is 13.9. The Morgan fingerprint density at radius 3 is 2.74 bits per heavy atom. The van der Waals surface area contributed by atoms with Gasteiger partial charge in [0.1, 0.15) is 5.82 Å². The number of aliphatic hydroxyl groups is 1. The van der Waals surface area contributed by atoms with Gasteiger partial charge in [-0.05, 0) is 57.5 Å². The fourth-order valence-corrected chi connectivity index (χ4v) is 3.67. The van der Waals surface area contributed by atoms with E-state index in [4.69, 9.17) is 4.98 Å². The molecule has 2 heterocycles. The maximum atomic E-state index is 10.1. The van der Waals surface area contributed by atoms with Gasteiger partial charge in [-0.15, -0.1) is 0 Å². The zero-order valence-electron chi connectivity index (χ0n) is 15.7. The van der Waals surface area contributed by atoms with Crippen LogP contribution >= 0.6 is 15.9 Å². The maximum Gasteiger partial charge on any atom is 0.132 e. The van der Waals surface area contributed by atoms with Crippen LogP contribution in [-0.2, 0) is 0 Å². The highest BCUT2D eigenvalue weighted by atomic mass is 79.9. The summed E-state index contributed by atoms with van der Waals surface area (Å²) < 4.78 is 1.00.